The summed E-state index contributed by atoms with van der Waals surface area (Å²) in [5, 5.41) is 23.3. The molecule has 9 heavy (non-hydrogen) atoms. The standard InChI is InChI=1S/C5H12N2O2/c8-4-5(9)7-3-1-2-6-4/h4-9H,1-3H2. The van der Waals surface area contributed by atoms with Gasteiger partial charge in [0.05, 0.1) is 0 Å². The van der Waals surface area contributed by atoms with Crippen LogP contribution in [0.25, 0.3) is 0 Å². The fourth-order valence-electron chi connectivity index (χ4n) is 0.812. The first kappa shape index (κ1) is 6.95. The Morgan fingerprint density at radius 2 is 1.44 bits per heavy atom. The Morgan fingerprint density at radius 1 is 1.00 bits per heavy atom. The molecule has 4 heteroatoms. The summed E-state index contributed by atoms with van der Waals surface area (Å²) in [5.41, 5.74) is 0. The van der Waals surface area contributed by atoms with Crippen LogP contribution in [0.5, 0.6) is 0 Å². The van der Waals surface area contributed by atoms with E-state index in [2.05, 4.69) is 10.6 Å². The molecule has 0 aromatic rings. The van der Waals surface area contributed by atoms with Gasteiger partial charge in [0, 0.05) is 0 Å². The van der Waals surface area contributed by atoms with Crippen LogP contribution in [0.1, 0.15) is 6.42 Å². The van der Waals surface area contributed by atoms with Crippen molar-refractivity contribution in [2.45, 2.75) is 18.9 Å². The Bertz CT molecular complexity index is 79.0. The Hall–Kier alpha value is -0.160. The molecule has 4 N–H and O–H groups in total. The van der Waals surface area contributed by atoms with Crippen LogP contribution in [0.4, 0.5) is 0 Å². The van der Waals surface area contributed by atoms with E-state index < -0.39 is 12.5 Å². The van der Waals surface area contributed by atoms with E-state index in [0.717, 1.165) is 19.5 Å². The molecule has 0 bridgehead atoms. The molecule has 0 aromatic carbocycles. The van der Waals surface area contributed by atoms with Gasteiger partial charge in [-0.2, -0.15) is 0 Å². The highest BCUT2D eigenvalue weighted by molar-refractivity contribution is 4.67. The molecule has 1 heterocycles. The summed E-state index contributed by atoms with van der Waals surface area (Å²) in [6.07, 6.45) is -0.686. The summed E-state index contributed by atoms with van der Waals surface area (Å²) >= 11 is 0. The molecular formula is C5H12N2O2. The number of aliphatic hydroxyl groups is 2. The lowest BCUT2D eigenvalue weighted by Crippen LogP contribution is -2.44. The Morgan fingerprint density at radius 3 is 1.89 bits per heavy atom. The second kappa shape index (κ2) is 3.12. The predicted octanol–water partition coefficient (Wildman–Crippen LogP) is -1.79. The van der Waals surface area contributed by atoms with Gasteiger partial charge in [0.2, 0.25) is 0 Å². The van der Waals surface area contributed by atoms with Crippen LogP contribution in [-0.4, -0.2) is 35.8 Å². The lowest BCUT2D eigenvalue weighted by molar-refractivity contribution is -0.0120. The van der Waals surface area contributed by atoms with Crippen molar-refractivity contribution in [2.24, 2.45) is 0 Å². The highest BCUT2D eigenvalue weighted by Crippen LogP contribution is 1.90. The second-order valence-corrected chi connectivity index (χ2v) is 2.15. The molecule has 0 saturated carbocycles. The average Bonchev–Trinajstić information content (AvgIpc) is 1.99. The summed E-state index contributed by atoms with van der Waals surface area (Å²) in [4.78, 5) is 0. The maximum Gasteiger partial charge on any atom is 0.144 e. The molecule has 1 aliphatic heterocycles. The van der Waals surface area contributed by atoms with Crippen LogP contribution in [0.15, 0.2) is 0 Å². The molecule has 4 nitrogen and oxygen atoms in total. The number of rotatable bonds is 0. The van der Waals surface area contributed by atoms with Gasteiger partial charge in [0.1, 0.15) is 12.5 Å². The zero-order chi connectivity index (χ0) is 6.69. The van der Waals surface area contributed by atoms with Crippen molar-refractivity contribution >= 4 is 0 Å². The lowest BCUT2D eigenvalue weighted by atomic mass is 10.4. The van der Waals surface area contributed by atoms with Crippen LogP contribution in [0.2, 0.25) is 0 Å². The molecule has 0 aliphatic carbocycles. The van der Waals surface area contributed by atoms with Crippen LogP contribution in [0, 0.1) is 0 Å². The molecule has 0 amide bonds. The van der Waals surface area contributed by atoms with E-state index in [-0.39, 0.29) is 0 Å². The van der Waals surface area contributed by atoms with Crippen molar-refractivity contribution in [3.05, 3.63) is 0 Å². The summed E-state index contributed by atoms with van der Waals surface area (Å²) in [5.74, 6) is 0. The van der Waals surface area contributed by atoms with Crippen molar-refractivity contribution in [1.82, 2.24) is 10.6 Å². The third-order valence-corrected chi connectivity index (χ3v) is 1.36. The monoisotopic (exact) mass is 132 g/mol. The van der Waals surface area contributed by atoms with Crippen molar-refractivity contribution in [3.8, 4) is 0 Å². The van der Waals surface area contributed by atoms with E-state index in [1.54, 1.807) is 0 Å². The lowest BCUT2D eigenvalue weighted by Gasteiger charge is -2.14. The van der Waals surface area contributed by atoms with Gasteiger partial charge in [-0.15, -0.1) is 0 Å². The normalized spacial score (nSPS) is 38.0. The van der Waals surface area contributed by atoms with Crippen molar-refractivity contribution in [3.63, 3.8) is 0 Å². The SMILES string of the molecule is OC1NCCCNC1O. The minimum absolute atomic E-state index is 0.755. The third kappa shape index (κ3) is 1.91. The van der Waals surface area contributed by atoms with E-state index in [9.17, 15) is 0 Å². The largest absolute Gasteiger partial charge is 0.374 e. The number of hydrogen-bond acceptors (Lipinski definition) is 4. The molecule has 0 radical (unpaired) electrons. The van der Waals surface area contributed by atoms with E-state index >= 15 is 0 Å². The highest BCUT2D eigenvalue weighted by Gasteiger charge is 2.16. The maximum absolute atomic E-state index is 8.93. The Kier molecular flexibility index (Phi) is 2.41. The second-order valence-electron chi connectivity index (χ2n) is 2.15. The van der Waals surface area contributed by atoms with Crippen LogP contribution in [-0.2, 0) is 0 Å². The molecule has 54 valence electrons. The molecular weight excluding hydrogens is 120 g/mol. The zero-order valence-electron chi connectivity index (χ0n) is 5.17. The van der Waals surface area contributed by atoms with Gasteiger partial charge < -0.3 is 10.2 Å². The van der Waals surface area contributed by atoms with E-state index in [4.69, 9.17) is 10.2 Å². The van der Waals surface area contributed by atoms with E-state index in [1.165, 1.54) is 0 Å². The molecule has 1 aliphatic rings. The van der Waals surface area contributed by atoms with Gasteiger partial charge in [0.25, 0.3) is 0 Å². The quantitative estimate of drug-likeness (QED) is 0.314. The first-order chi connectivity index (χ1) is 4.30. The molecule has 1 fully saturated rings. The third-order valence-electron chi connectivity index (χ3n) is 1.36. The first-order valence-electron chi connectivity index (χ1n) is 3.13. The summed E-state index contributed by atoms with van der Waals surface area (Å²) < 4.78 is 0. The summed E-state index contributed by atoms with van der Waals surface area (Å²) in [7, 11) is 0. The smallest absolute Gasteiger partial charge is 0.144 e. The molecule has 0 aromatic heterocycles. The first-order valence-corrected chi connectivity index (χ1v) is 3.13. The van der Waals surface area contributed by atoms with Crippen molar-refractivity contribution in [1.29, 1.82) is 0 Å². The molecule has 0 spiro atoms. The minimum atomic E-state index is -0.813. The zero-order valence-corrected chi connectivity index (χ0v) is 5.17. The average molecular weight is 132 g/mol. The van der Waals surface area contributed by atoms with E-state index in [0.29, 0.717) is 0 Å². The fraction of sp³-hybridized carbons (Fsp3) is 1.00. The molecule has 1 saturated heterocycles. The number of aliphatic hydroxyl groups excluding tert-OH is 2. The molecule has 2 atom stereocenters. The number of nitrogens with one attached hydrogen (secondary N) is 2. The Balaban J connectivity index is 2.32. The van der Waals surface area contributed by atoms with E-state index in [1.807, 2.05) is 0 Å². The van der Waals surface area contributed by atoms with Gasteiger partial charge in [-0.1, -0.05) is 0 Å². The maximum atomic E-state index is 8.93. The van der Waals surface area contributed by atoms with Gasteiger partial charge in [-0.05, 0) is 19.5 Å². The number of hydrogen-bond donors (Lipinski definition) is 4. The van der Waals surface area contributed by atoms with Gasteiger partial charge in [-0.3, -0.25) is 10.6 Å². The van der Waals surface area contributed by atoms with Crippen molar-refractivity contribution in [2.75, 3.05) is 13.1 Å². The molecule has 1 rings (SSSR count). The van der Waals surface area contributed by atoms with Crippen LogP contribution < -0.4 is 10.6 Å². The van der Waals surface area contributed by atoms with Gasteiger partial charge >= 0.3 is 0 Å². The molecule has 2 unspecified atom stereocenters. The van der Waals surface area contributed by atoms with Gasteiger partial charge in [-0.25, -0.2) is 0 Å². The predicted molar refractivity (Wildman–Crippen MR) is 32.6 cm³/mol. The Labute approximate surface area is 53.9 Å². The van der Waals surface area contributed by atoms with Crippen LogP contribution >= 0.6 is 0 Å². The topological polar surface area (TPSA) is 64.5 Å². The summed E-state index contributed by atoms with van der Waals surface area (Å²) in [6.45, 7) is 1.51. The van der Waals surface area contributed by atoms with Crippen molar-refractivity contribution < 1.29 is 10.2 Å². The fourth-order valence-corrected chi connectivity index (χ4v) is 0.812. The highest BCUT2D eigenvalue weighted by atomic mass is 16.4. The summed E-state index contributed by atoms with van der Waals surface area (Å²) in [6, 6.07) is 0. The minimum Gasteiger partial charge on any atom is -0.374 e. The van der Waals surface area contributed by atoms with Crippen LogP contribution in [0.3, 0.4) is 0 Å². The van der Waals surface area contributed by atoms with Gasteiger partial charge in [0.15, 0.2) is 0 Å².